The molecule has 0 aliphatic rings. The fourth-order valence-electron chi connectivity index (χ4n) is 0.249. The summed E-state index contributed by atoms with van der Waals surface area (Å²) in [6.07, 6.45) is 0.329. The van der Waals surface area contributed by atoms with Crippen molar-refractivity contribution >= 4 is 11.6 Å². The summed E-state index contributed by atoms with van der Waals surface area (Å²) in [5.74, 6) is -0.637. The first-order valence-corrected chi connectivity index (χ1v) is 2.22. The molecule has 0 aliphatic heterocycles. The maximum absolute atomic E-state index is 10.2. The van der Waals surface area contributed by atoms with E-state index in [0.717, 1.165) is 0 Å². The van der Waals surface area contributed by atoms with Gasteiger partial charge >= 0.3 is 0 Å². The van der Waals surface area contributed by atoms with Crippen molar-refractivity contribution in [1.29, 1.82) is 0 Å². The Bertz CT molecular complexity index is 98.6. The van der Waals surface area contributed by atoms with Gasteiger partial charge in [0, 0.05) is 48.9 Å². The maximum atomic E-state index is 10.2. The van der Waals surface area contributed by atoms with Crippen LogP contribution in [-0.4, -0.2) is 11.6 Å². The Balaban J connectivity index is 0. The number of carbonyl (C=O) groups is 2. The topological polar surface area (TPSA) is 34.1 Å². The molecule has 0 bridgehead atoms. The Morgan fingerprint density at radius 1 is 1.38 bits per heavy atom. The molecule has 0 amide bonds. The van der Waals surface area contributed by atoms with Crippen molar-refractivity contribution in [1.82, 2.24) is 0 Å². The van der Waals surface area contributed by atoms with Gasteiger partial charge in [0.05, 0.1) is 0 Å². The van der Waals surface area contributed by atoms with Crippen molar-refractivity contribution in [3.63, 3.8) is 0 Å². The average molecular weight is 239 g/mol. The van der Waals surface area contributed by atoms with Gasteiger partial charge in [-0.25, -0.2) is 0 Å². The molecule has 0 atom stereocenters. The number of hydrogen-bond donors (Lipinski definition) is 0. The Labute approximate surface area is 76.6 Å². The van der Waals surface area contributed by atoms with Crippen LogP contribution in [0.25, 0.3) is 0 Å². The molecule has 0 aliphatic carbocycles. The van der Waals surface area contributed by atoms with E-state index in [2.05, 4.69) is 0 Å². The minimum Gasteiger partial charge on any atom is -0.291 e. The molecule has 0 unspecified atom stereocenters. The van der Waals surface area contributed by atoms with Crippen molar-refractivity contribution in [2.45, 2.75) is 20.3 Å². The maximum Gasteiger partial charge on any atom is 0.197 e. The summed E-state index contributed by atoms with van der Waals surface area (Å²) >= 11 is 0. The smallest absolute Gasteiger partial charge is 0.197 e. The first-order chi connectivity index (χ1) is 3.18. The predicted octanol–water partition coefficient (Wildman–Crippen LogP) is 0.554. The van der Waals surface area contributed by atoms with E-state index in [0.29, 0.717) is 6.42 Å². The molecule has 8 heavy (non-hydrogen) atoms. The Kier molecular flexibility index (Phi) is 8.04. The molecule has 0 spiro atoms. The fourth-order valence-corrected chi connectivity index (χ4v) is 0.249. The molecule has 0 rings (SSSR count). The van der Waals surface area contributed by atoms with Gasteiger partial charge in [0.1, 0.15) is 0 Å². The van der Waals surface area contributed by atoms with Gasteiger partial charge in [0.2, 0.25) is 0 Å². The first-order valence-electron chi connectivity index (χ1n) is 2.22. The third-order valence-electron chi connectivity index (χ3n) is 0.714. The second kappa shape index (κ2) is 5.67. The quantitative estimate of drug-likeness (QED) is 0.659. The summed E-state index contributed by atoms with van der Waals surface area (Å²) in [5, 5.41) is 0. The summed E-state index contributed by atoms with van der Waals surface area (Å²) in [7, 11) is 0. The molecule has 0 saturated heterocycles. The predicted molar refractivity (Wildman–Crippen MR) is 26.0 cm³/mol. The molecular formula is C5H8LaO2. The molecule has 3 heteroatoms. The Morgan fingerprint density at radius 3 is 1.75 bits per heavy atom. The summed E-state index contributed by atoms with van der Waals surface area (Å²) in [4.78, 5) is 20.2. The molecule has 0 aromatic heterocycles. The van der Waals surface area contributed by atoms with Gasteiger partial charge < -0.3 is 0 Å². The van der Waals surface area contributed by atoms with Gasteiger partial charge in [0.15, 0.2) is 11.6 Å². The van der Waals surface area contributed by atoms with Crippen LogP contribution < -0.4 is 0 Å². The average Bonchev–Trinajstić information content (AvgIpc) is 1.65. The van der Waals surface area contributed by atoms with E-state index < -0.39 is 0 Å². The van der Waals surface area contributed by atoms with Crippen LogP contribution in [0.2, 0.25) is 0 Å². The minimum absolute atomic E-state index is 0. The van der Waals surface area contributed by atoms with E-state index in [1.54, 1.807) is 6.92 Å². The van der Waals surface area contributed by atoms with E-state index in [-0.39, 0.29) is 47.2 Å². The summed E-state index contributed by atoms with van der Waals surface area (Å²) in [6, 6.07) is 0. The second-order valence-corrected chi connectivity index (χ2v) is 1.33. The van der Waals surface area contributed by atoms with Crippen LogP contribution in [0.15, 0.2) is 0 Å². The zero-order valence-electron chi connectivity index (χ0n) is 5.10. The van der Waals surface area contributed by atoms with Crippen LogP contribution in [0.4, 0.5) is 0 Å². The third-order valence-corrected chi connectivity index (χ3v) is 0.714. The fraction of sp³-hybridized carbons (Fsp3) is 0.600. The largest absolute Gasteiger partial charge is 0.291 e. The zero-order chi connectivity index (χ0) is 5.86. The summed E-state index contributed by atoms with van der Waals surface area (Å²) < 4.78 is 0. The van der Waals surface area contributed by atoms with Crippen LogP contribution in [0.5, 0.6) is 0 Å². The van der Waals surface area contributed by atoms with E-state index >= 15 is 0 Å². The van der Waals surface area contributed by atoms with Crippen molar-refractivity contribution in [3.8, 4) is 0 Å². The third kappa shape index (κ3) is 4.69. The molecule has 0 heterocycles. The normalized spacial score (nSPS) is 7.25. The monoisotopic (exact) mass is 239 g/mol. The van der Waals surface area contributed by atoms with Crippen LogP contribution in [-0.2, 0) is 9.59 Å². The number of Topliss-reactive ketones (excluding diaryl/α,β-unsaturated/α-hetero) is 2. The van der Waals surface area contributed by atoms with Gasteiger partial charge in [-0.2, -0.15) is 0 Å². The molecule has 0 N–H and O–H groups in total. The number of carbonyl (C=O) groups excluding carboxylic acids is 2. The summed E-state index contributed by atoms with van der Waals surface area (Å²) in [6.45, 7) is 2.95. The van der Waals surface area contributed by atoms with Crippen LogP contribution in [0, 0.1) is 35.6 Å². The summed E-state index contributed by atoms with van der Waals surface area (Å²) in [5.41, 5.74) is 0. The van der Waals surface area contributed by atoms with E-state index in [9.17, 15) is 9.59 Å². The van der Waals surface area contributed by atoms with Crippen LogP contribution in [0.1, 0.15) is 20.3 Å². The first kappa shape index (κ1) is 11.3. The standard InChI is InChI=1S/C5H8O2.La/c1-3-5(7)4(2)6;/h3H2,1-2H3;. The SMILES string of the molecule is CCC(=O)C(C)=O.[La]. The van der Waals surface area contributed by atoms with E-state index in [4.69, 9.17) is 0 Å². The van der Waals surface area contributed by atoms with Gasteiger partial charge in [-0.15, -0.1) is 0 Å². The van der Waals surface area contributed by atoms with Gasteiger partial charge in [-0.05, 0) is 0 Å². The van der Waals surface area contributed by atoms with Gasteiger partial charge in [-0.1, -0.05) is 6.92 Å². The van der Waals surface area contributed by atoms with Crippen molar-refractivity contribution < 1.29 is 45.2 Å². The number of ketones is 2. The minimum atomic E-state index is -0.345. The number of hydrogen-bond acceptors (Lipinski definition) is 2. The molecule has 0 saturated carbocycles. The molecule has 0 fully saturated rings. The van der Waals surface area contributed by atoms with Crippen molar-refractivity contribution in [2.24, 2.45) is 0 Å². The van der Waals surface area contributed by atoms with Gasteiger partial charge in [0.25, 0.3) is 0 Å². The second-order valence-electron chi connectivity index (χ2n) is 1.33. The van der Waals surface area contributed by atoms with Crippen LogP contribution >= 0.6 is 0 Å². The van der Waals surface area contributed by atoms with Crippen LogP contribution in [0.3, 0.4) is 0 Å². The van der Waals surface area contributed by atoms with Crippen molar-refractivity contribution in [2.75, 3.05) is 0 Å². The Hall–Kier alpha value is 0.535. The molecule has 43 valence electrons. The molecule has 0 aromatic carbocycles. The Morgan fingerprint density at radius 2 is 1.75 bits per heavy atom. The molecular weight excluding hydrogens is 231 g/mol. The van der Waals surface area contributed by atoms with Gasteiger partial charge in [-0.3, -0.25) is 9.59 Å². The molecule has 2 nitrogen and oxygen atoms in total. The van der Waals surface area contributed by atoms with E-state index in [1.807, 2.05) is 0 Å². The zero-order valence-corrected chi connectivity index (χ0v) is 8.73. The van der Waals surface area contributed by atoms with Crippen molar-refractivity contribution in [3.05, 3.63) is 0 Å². The molecule has 0 aromatic rings. The molecule has 1 radical (unpaired) electrons. The number of rotatable bonds is 2. The van der Waals surface area contributed by atoms with E-state index in [1.165, 1.54) is 6.92 Å².